The van der Waals surface area contributed by atoms with Gasteiger partial charge in [0.1, 0.15) is 17.5 Å². The fraction of sp³-hybridized carbons (Fsp3) is 0.364. The minimum atomic E-state index is 0.347. The Hall–Kier alpha value is -2.64. The zero-order valence-corrected chi connectivity index (χ0v) is 17.9. The number of quaternary nitrogens is 1. The molecule has 7 heteroatoms. The van der Waals surface area contributed by atoms with Crippen LogP contribution in [-0.2, 0) is 13.7 Å². The molecule has 0 saturated carbocycles. The number of hydrogen-bond donors (Lipinski definition) is 1. The van der Waals surface area contributed by atoms with Crippen LogP contribution in [-0.4, -0.2) is 35.1 Å². The van der Waals surface area contributed by atoms with Crippen molar-refractivity contribution in [2.24, 2.45) is 7.05 Å². The summed E-state index contributed by atoms with van der Waals surface area (Å²) in [7, 11) is 5.38. The summed E-state index contributed by atoms with van der Waals surface area (Å²) in [6.45, 7) is 1.82. The van der Waals surface area contributed by atoms with E-state index in [1.165, 1.54) is 16.9 Å². The molecule has 1 saturated heterocycles. The van der Waals surface area contributed by atoms with E-state index in [9.17, 15) is 0 Å². The van der Waals surface area contributed by atoms with E-state index < -0.39 is 0 Å². The number of nitrogens with zero attached hydrogens (tertiary/aromatic N) is 3. The molecular formula is C22H27N4O2S+. The number of ether oxygens (including phenoxy) is 2. The Bertz CT molecular complexity index is 1040. The van der Waals surface area contributed by atoms with Crippen LogP contribution >= 0.6 is 12.2 Å². The van der Waals surface area contributed by atoms with Crippen LogP contribution < -0.4 is 14.4 Å². The van der Waals surface area contributed by atoms with Gasteiger partial charge in [0, 0.05) is 31.5 Å². The molecule has 2 atom stereocenters. The lowest BCUT2D eigenvalue weighted by Crippen LogP contribution is -3.09. The standard InChI is InChI=1S/C22H26N4O2S/c1-24-21(16-8-5-4-6-9-16)23-26(22(24)29)15-25-13-7-10-19(25)18-12-11-17(27-2)14-20(18)28-3/h4-6,8-9,11-12,14,19H,7,10,13,15H2,1-3H3/p+1/t19-/m0/s1. The first-order valence-corrected chi connectivity index (χ1v) is 10.3. The van der Waals surface area contributed by atoms with Gasteiger partial charge in [-0.1, -0.05) is 30.3 Å². The minimum Gasteiger partial charge on any atom is -0.497 e. The predicted molar refractivity (Wildman–Crippen MR) is 115 cm³/mol. The molecule has 29 heavy (non-hydrogen) atoms. The number of methoxy groups -OCH3 is 2. The topological polar surface area (TPSA) is 45.7 Å². The minimum absolute atomic E-state index is 0.347. The summed E-state index contributed by atoms with van der Waals surface area (Å²) in [6.07, 6.45) is 2.28. The summed E-state index contributed by atoms with van der Waals surface area (Å²) in [5.74, 6) is 2.58. The normalized spacial score (nSPS) is 18.7. The summed E-state index contributed by atoms with van der Waals surface area (Å²) in [5.41, 5.74) is 2.29. The van der Waals surface area contributed by atoms with E-state index in [4.69, 9.17) is 26.8 Å². The van der Waals surface area contributed by atoms with Crippen LogP contribution in [0.1, 0.15) is 24.4 Å². The predicted octanol–water partition coefficient (Wildman–Crippen LogP) is 3.01. The van der Waals surface area contributed by atoms with Crippen LogP contribution in [0.4, 0.5) is 0 Å². The van der Waals surface area contributed by atoms with E-state index in [-0.39, 0.29) is 0 Å². The third kappa shape index (κ3) is 3.80. The van der Waals surface area contributed by atoms with E-state index in [1.54, 1.807) is 14.2 Å². The Morgan fingerprint density at radius 2 is 1.93 bits per heavy atom. The molecule has 1 N–H and O–H groups in total. The molecule has 1 aromatic heterocycles. The van der Waals surface area contributed by atoms with Crippen molar-refractivity contribution >= 4 is 12.2 Å². The van der Waals surface area contributed by atoms with E-state index in [0.29, 0.717) is 6.04 Å². The largest absolute Gasteiger partial charge is 0.497 e. The molecule has 4 rings (SSSR count). The number of rotatable bonds is 6. The van der Waals surface area contributed by atoms with E-state index >= 15 is 0 Å². The van der Waals surface area contributed by atoms with E-state index in [0.717, 1.165) is 47.3 Å². The van der Waals surface area contributed by atoms with Crippen LogP contribution in [0.2, 0.25) is 0 Å². The van der Waals surface area contributed by atoms with Crippen molar-refractivity contribution in [1.82, 2.24) is 14.3 Å². The first-order valence-electron chi connectivity index (χ1n) is 9.88. The lowest BCUT2D eigenvalue weighted by atomic mass is 10.0. The number of benzene rings is 2. The summed E-state index contributed by atoms with van der Waals surface area (Å²) in [5, 5.41) is 4.84. The Morgan fingerprint density at radius 1 is 1.14 bits per heavy atom. The third-order valence-electron chi connectivity index (χ3n) is 5.73. The number of likely N-dealkylation sites (tertiary alicyclic amines) is 1. The van der Waals surface area contributed by atoms with Crippen LogP contribution in [0.5, 0.6) is 11.5 Å². The van der Waals surface area contributed by atoms with Crippen molar-refractivity contribution in [2.45, 2.75) is 25.6 Å². The molecule has 6 nitrogen and oxygen atoms in total. The molecule has 152 valence electrons. The molecular weight excluding hydrogens is 384 g/mol. The number of nitrogens with one attached hydrogen (secondary N) is 1. The second-order valence-corrected chi connectivity index (χ2v) is 7.76. The average molecular weight is 412 g/mol. The Balaban J connectivity index is 1.63. The molecule has 1 fully saturated rings. The van der Waals surface area contributed by atoms with Gasteiger partial charge in [0.05, 0.1) is 26.3 Å². The van der Waals surface area contributed by atoms with Crippen LogP contribution in [0.15, 0.2) is 48.5 Å². The Morgan fingerprint density at radius 3 is 2.66 bits per heavy atom. The SMILES string of the molecule is COc1ccc([C@@H]2CCC[NH+]2Cn2nc(-c3ccccc3)n(C)c2=S)c(OC)c1. The quantitative estimate of drug-likeness (QED) is 0.634. The van der Waals surface area contributed by atoms with Gasteiger partial charge < -0.3 is 18.9 Å². The van der Waals surface area contributed by atoms with Gasteiger partial charge in [0.2, 0.25) is 4.77 Å². The maximum Gasteiger partial charge on any atom is 0.202 e. The second-order valence-electron chi connectivity index (χ2n) is 7.40. The fourth-order valence-electron chi connectivity index (χ4n) is 4.20. The van der Waals surface area contributed by atoms with Crippen LogP contribution in [0, 0.1) is 4.77 Å². The second kappa shape index (κ2) is 8.39. The first kappa shape index (κ1) is 19.7. The van der Waals surface area contributed by atoms with E-state index in [2.05, 4.69) is 18.2 Å². The van der Waals surface area contributed by atoms with Crippen molar-refractivity contribution < 1.29 is 14.4 Å². The smallest absolute Gasteiger partial charge is 0.202 e. The Kier molecular flexibility index (Phi) is 5.69. The zero-order chi connectivity index (χ0) is 20.4. The molecule has 0 amide bonds. The average Bonchev–Trinajstić information content (AvgIpc) is 3.34. The van der Waals surface area contributed by atoms with Crippen molar-refractivity contribution in [2.75, 3.05) is 20.8 Å². The molecule has 0 spiro atoms. The summed E-state index contributed by atoms with van der Waals surface area (Å²) >= 11 is 5.69. The van der Waals surface area contributed by atoms with Crippen LogP contribution in [0.25, 0.3) is 11.4 Å². The molecule has 2 aromatic carbocycles. The summed E-state index contributed by atoms with van der Waals surface area (Å²) < 4.78 is 15.7. The zero-order valence-electron chi connectivity index (χ0n) is 17.1. The van der Waals surface area contributed by atoms with Crippen molar-refractivity contribution in [3.63, 3.8) is 0 Å². The lowest BCUT2D eigenvalue weighted by Gasteiger charge is -2.23. The number of hydrogen-bond acceptors (Lipinski definition) is 4. The molecule has 1 aliphatic rings. The maximum absolute atomic E-state index is 5.69. The van der Waals surface area contributed by atoms with Gasteiger partial charge in [-0.3, -0.25) is 0 Å². The van der Waals surface area contributed by atoms with Gasteiger partial charge >= 0.3 is 0 Å². The molecule has 3 aromatic rings. The van der Waals surface area contributed by atoms with E-state index in [1.807, 2.05) is 46.6 Å². The van der Waals surface area contributed by atoms with Gasteiger partial charge in [-0.15, -0.1) is 5.10 Å². The highest BCUT2D eigenvalue weighted by molar-refractivity contribution is 7.71. The molecule has 0 radical (unpaired) electrons. The van der Waals surface area contributed by atoms with Crippen LogP contribution in [0.3, 0.4) is 0 Å². The monoisotopic (exact) mass is 411 g/mol. The van der Waals surface area contributed by atoms with Gasteiger partial charge in [-0.25, -0.2) is 0 Å². The molecule has 1 aliphatic heterocycles. The highest BCUT2D eigenvalue weighted by atomic mass is 32.1. The van der Waals surface area contributed by atoms with Gasteiger partial charge in [0.15, 0.2) is 12.5 Å². The highest BCUT2D eigenvalue weighted by Gasteiger charge is 2.33. The van der Waals surface area contributed by atoms with Crippen molar-refractivity contribution in [3.05, 3.63) is 58.9 Å². The summed E-state index contributed by atoms with van der Waals surface area (Å²) in [4.78, 5) is 1.45. The fourth-order valence-corrected chi connectivity index (χ4v) is 4.40. The summed E-state index contributed by atoms with van der Waals surface area (Å²) in [6, 6.07) is 16.6. The first-order chi connectivity index (χ1) is 14.1. The van der Waals surface area contributed by atoms with Crippen molar-refractivity contribution in [1.29, 1.82) is 0 Å². The number of aromatic nitrogens is 3. The molecule has 1 unspecified atom stereocenters. The van der Waals surface area contributed by atoms with Gasteiger partial charge in [-0.2, -0.15) is 4.68 Å². The lowest BCUT2D eigenvalue weighted by molar-refractivity contribution is -0.941. The van der Waals surface area contributed by atoms with Gasteiger partial charge in [0.25, 0.3) is 0 Å². The highest BCUT2D eigenvalue weighted by Crippen LogP contribution is 2.31. The maximum atomic E-state index is 5.69. The molecule has 0 aliphatic carbocycles. The molecule has 2 heterocycles. The van der Waals surface area contributed by atoms with Crippen molar-refractivity contribution in [3.8, 4) is 22.9 Å². The molecule has 0 bridgehead atoms. The van der Waals surface area contributed by atoms with Gasteiger partial charge in [-0.05, 0) is 24.4 Å². The Labute approximate surface area is 176 Å². The third-order valence-corrected chi connectivity index (χ3v) is 6.21.